The van der Waals surface area contributed by atoms with E-state index in [9.17, 15) is 0 Å². The highest BCUT2D eigenvalue weighted by Crippen LogP contribution is 2.11. The van der Waals surface area contributed by atoms with Crippen LogP contribution in [0.5, 0.6) is 0 Å². The van der Waals surface area contributed by atoms with Gasteiger partial charge in [-0.1, -0.05) is 52.3 Å². The van der Waals surface area contributed by atoms with Crippen LogP contribution in [0.1, 0.15) is 11.1 Å². The molecule has 0 saturated carbocycles. The van der Waals surface area contributed by atoms with E-state index in [1.54, 1.807) is 0 Å². The first-order valence-corrected chi connectivity index (χ1v) is 4.36. The molecule has 1 heteroatoms. The maximum Gasteiger partial charge on any atom is 0.00347 e. The van der Waals surface area contributed by atoms with Gasteiger partial charge in [0.2, 0.25) is 0 Å². The Morgan fingerprint density at radius 3 is 2.36 bits per heavy atom. The molecule has 0 spiro atoms. The summed E-state index contributed by atoms with van der Waals surface area (Å²) >= 11 is 3.34. The van der Waals surface area contributed by atoms with Crippen LogP contribution >= 0.6 is 15.9 Å². The average molecular weight is 211 g/mol. The lowest BCUT2D eigenvalue weighted by molar-refractivity contribution is 1.25. The lowest BCUT2D eigenvalue weighted by Gasteiger charge is -1.98. The molecule has 1 aromatic carbocycles. The minimum Gasteiger partial charge on any atom is -0.0885 e. The number of allylic oxidation sites excluding steroid dienone is 1. The van der Waals surface area contributed by atoms with Gasteiger partial charge in [0.1, 0.15) is 0 Å². The highest BCUT2D eigenvalue weighted by Gasteiger charge is 1.92. The zero-order chi connectivity index (χ0) is 8.27. The predicted molar refractivity (Wildman–Crippen MR) is 53.0 cm³/mol. The van der Waals surface area contributed by atoms with Crippen molar-refractivity contribution in [2.24, 2.45) is 0 Å². The minimum absolute atomic E-state index is 0.917. The Hall–Kier alpha value is -0.560. The summed E-state index contributed by atoms with van der Waals surface area (Å²) in [7, 11) is 0. The smallest absolute Gasteiger partial charge is 0.00347 e. The third-order valence-electron chi connectivity index (χ3n) is 1.52. The first-order valence-electron chi connectivity index (χ1n) is 3.57. The Bertz CT molecular complexity index is 246. The summed E-state index contributed by atoms with van der Waals surface area (Å²) in [4.78, 5) is 0. The third kappa shape index (κ3) is 2.89. The lowest BCUT2D eigenvalue weighted by atomic mass is 10.1. The van der Waals surface area contributed by atoms with Crippen molar-refractivity contribution in [2.75, 3.05) is 0 Å². The van der Waals surface area contributed by atoms with E-state index in [1.165, 1.54) is 11.1 Å². The fraction of sp³-hybridized carbons (Fsp3) is 0.200. The molecule has 0 aromatic heterocycles. The Labute approximate surface area is 76.1 Å². The van der Waals surface area contributed by atoms with Crippen molar-refractivity contribution in [3.63, 3.8) is 0 Å². The van der Waals surface area contributed by atoms with Crippen LogP contribution in [0.3, 0.4) is 0 Å². The van der Waals surface area contributed by atoms with Crippen LogP contribution in [0.4, 0.5) is 0 Å². The maximum atomic E-state index is 3.79. The van der Waals surface area contributed by atoms with Gasteiger partial charge in [0.15, 0.2) is 0 Å². The standard InChI is InChI=1S/C10H11Br/c1-8-3-5-10(6-4-8)7-9(2)11/h3-6H,2,7H2,1H3. The van der Waals surface area contributed by atoms with E-state index < -0.39 is 0 Å². The average Bonchev–Trinajstić information content (AvgIpc) is 1.93. The predicted octanol–water partition coefficient (Wildman–Crippen LogP) is 3.45. The van der Waals surface area contributed by atoms with Gasteiger partial charge in [0.05, 0.1) is 0 Å². The first kappa shape index (κ1) is 8.54. The summed E-state index contributed by atoms with van der Waals surface area (Å²) in [6.45, 7) is 5.88. The van der Waals surface area contributed by atoms with Crippen molar-refractivity contribution in [3.8, 4) is 0 Å². The Balaban J connectivity index is 2.74. The molecule has 0 nitrogen and oxygen atoms in total. The maximum absolute atomic E-state index is 3.79. The van der Waals surface area contributed by atoms with Crippen molar-refractivity contribution < 1.29 is 0 Å². The highest BCUT2D eigenvalue weighted by molar-refractivity contribution is 9.11. The Morgan fingerprint density at radius 2 is 1.91 bits per heavy atom. The van der Waals surface area contributed by atoms with E-state index in [0.717, 1.165) is 10.9 Å². The normalized spacial score (nSPS) is 9.64. The van der Waals surface area contributed by atoms with Crippen LogP contribution in [0, 0.1) is 6.92 Å². The summed E-state index contributed by atoms with van der Waals surface area (Å²) in [5, 5.41) is 0. The molecule has 0 bridgehead atoms. The van der Waals surface area contributed by atoms with E-state index in [2.05, 4.69) is 53.7 Å². The molecule has 0 heterocycles. The molecule has 0 unspecified atom stereocenters. The first-order chi connectivity index (χ1) is 5.18. The summed E-state index contributed by atoms with van der Waals surface area (Å²) < 4.78 is 1.03. The second-order valence-corrected chi connectivity index (χ2v) is 3.80. The summed E-state index contributed by atoms with van der Waals surface area (Å²) in [6, 6.07) is 8.49. The van der Waals surface area contributed by atoms with Crippen LogP contribution in [-0.2, 0) is 6.42 Å². The largest absolute Gasteiger partial charge is 0.0885 e. The van der Waals surface area contributed by atoms with Crippen molar-refractivity contribution in [1.82, 2.24) is 0 Å². The summed E-state index contributed by atoms with van der Waals surface area (Å²) in [5.74, 6) is 0. The number of benzene rings is 1. The molecule has 0 saturated heterocycles. The number of rotatable bonds is 2. The van der Waals surface area contributed by atoms with Crippen molar-refractivity contribution in [2.45, 2.75) is 13.3 Å². The molecule has 0 fully saturated rings. The molecule has 0 aliphatic rings. The molecule has 1 aromatic rings. The van der Waals surface area contributed by atoms with Crippen molar-refractivity contribution >= 4 is 15.9 Å². The molecule has 0 N–H and O–H groups in total. The van der Waals surface area contributed by atoms with E-state index in [4.69, 9.17) is 0 Å². The van der Waals surface area contributed by atoms with Crippen LogP contribution < -0.4 is 0 Å². The van der Waals surface area contributed by atoms with Crippen LogP contribution in [0.2, 0.25) is 0 Å². The van der Waals surface area contributed by atoms with Gasteiger partial charge in [-0.05, 0) is 17.0 Å². The van der Waals surface area contributed by atoms with E-state index in [-0.39, 0.29) is 0 Å². The summed E-state index contributed by atoms with van der Waals surface area (Å²) in [6.07, 6.45) is 0.917. The fourth-order valence-corrected chi connectivity index (χ4v) is 1.25. The summed E-state index contributed by atoms with van der Waals surface area (Å²) in [5.41, 5.74) is 2.60. The SMILES string of the molecule is C=C(Br)Cc1ccc(C)cc1. The van der Waals surface area contributed by atoms with Crippen molar-refractivity contribution in [3.05, 3.63) is 46.5 Å². The number of halogens is 1. The van der Waals surface area contributed by atoms with Crippen molar-refractivity contribution in [1.29, 1.82) is 0 Å². The van der Waals surface area contributed by atoms with Gasteiger partial charge in [0.25, 0.3) is 0 Å². The monoisotopic (exact) mass is 210 g/mol. The molecule has 0 atom stereocenters. The van der Waals surface area contributed by atoms with E-state index in [1.807, 2.05) is 0 Å². The minimum atomic E-state index is 0.917. The fourth-order valence-electron chi connectivity index (χ4n) is 0.927. The lowest BCUT2D eigenvalue weighted by Crippen LogP contribution is -1.82. The molecule has 0 radical (unpaired) electrons. The quantitative estimate of drug-likeness (QED) is 0.702. The zero-order valence-electron chi connectivity index (χ0n) is 6.60. The van der Waals surface area contributed by atoms with Gasteiger partial charge in [-0.25, -0.2) is 0 Å². The van der Waals surface area contributed by atoms with Crippen LogP contribution in [0.25, 0.3) is 0 Å². The van der Waals surface area contributed by atoms with Crippen LogP contribution in [0.15, 0.2) is 35.3 Å². The third-order valence-corrected chi connectivity index (χ3v) is 1.80. The van der Waals surface area contributed by atoms with E-state index >= 15 is 0 Å². The number of hydrogen-bond donors (Lipinski definition) is 0. The molecule has 11 heavy (non-hydrogen) atoms. The highest BCUT2D eigenvalue weighted by atomic mass is 79.9. The molecule has 0 aliphatic heterocycles. The van der Waals surface area contributed by atoms with Gasteiger partial charge < -0.3 is 0 Å². The molecule has 58 valence electrons. The second-order valence-electron chi connectivity index (χ2n) is 2.68. The van der Waals surface area contributed by atoms with E-state index in [0.29, 0.717) is 0 Å². The molecular formula is C10H11Br. The van der Waals surface area contributed by atoms with Crippen LogP contribution in [-0.4, -0.2) is 0 Å². The Kier molecular flexibility index (Phi) is 2.89. The number of aryl methyl sites for hydroxylation is 1. The molecule has 0 amide bonds. The Morgan fingerprint density at radius 1 is 1.36 bits per heavy atom. The molecular weight excluding hydrogens is 200 g/mol. The van der Waals surface area contributed by atoms with Gasteiger partial charge >= 0.3 is 0 Å². The van der Waals surface area contributed by atoms with Gasteiger partial charge in [-0.3, -0.25) is 0 Å². The van der Waals surface area contributed by atoms with Gasteiger partial charge in [-0.15, -0.1) is 0 Å². The molecule has 0 aliphatic carbocycles. The van der Waals surface area contributed by atoms with Gasteiger partial charge in [0, 0.05) is 6.42 Å². The van der Waals surface area contributed by atoms with Gasteiger partial charge in [-0.2, -0.15) is 0 Å². The zero-order valence-corrected chi connectivity index (χ0v) is 8.19. The molecule has 1 rings (SSSR count). The number of hydrogen-bond acceptors (Lipinski definition) is 0. The topological polar surface area (TPSA) is 0 Å². The second kappa shape index (κ2) is 3.72.